The molecule has 0 aliphatic rings. The zero-order valence-corrected chi connectivity index (χ0v) is 13.1. The Kier molecular flexibility index (Phi) is 3.80. The summed E-state index contributed by atoms with van der Waals surface area (Å²) in [5.41, 5.74) is 4.60. The van der Waals surface area contributed by atoms with E-state index in [4.69, 9.17) is 0 Å². The van der Waals surface area contributed by atoms with Gasteiger partial charge in [-0.05, 0) is 37.3 Å². The van der Waals surface area contributed by atoms with Crippen LogP contribution in [0.2, 0.25) is 0 Å². The van der Waals surface area contributed by atoms with E-state index >= 15 is 0 Å². The Hall–Kier alpha value is -1.89. The van der Waals surface area contributed by atoms with E-state index in [2.05, 4.69) is 69.6 Å². The van der Waals surface area contributed by atoms with Crippen molar-refractivity contribution in [2.75, 3.05) is 0 Å². The van der Waals surface area contributed by atoms with Crippen molar-refractivity contribution in [3.05, 3.63) is 59.9 Å². The lowest BCUT2D eigenvalue weighted by molar-refractivity contribution is 0.623. The van der Waals surface area contributed by atoms with Crippen molar-refractivity contribution in [1.29, 1.82) is 0 Å². The predicted molar refractivity (Wildman–Crippen MR) is 88.9 cm³/mol. The minimum Gasteiger partial charge on any atom is -0.256 e. The second-order valence-electron chi connectivity index (χ2n) is 5.95. The lowest BCUT2D eigenvalue weighted by Gasteiger charge is -2.30. The topological polar surface area (TPSA) is 12.9 Å². The molecule has 1 aromatic carbocycles. The Balaban J connectivity index is 2.90. The molecule has 0 unspecified atom stereocenters. The van der Waals surface area contributed by atoms with E-state index in [0.29, 0.717) is 0 Å². The first-order valence-corrected chi connectivity index (χ1v) is 7.07. The van der Waals surface area contributed by atoms with Crippen LogP contribution in [0.5, 0.6) is 0 Å². The molecule has 0 saturated heterocycles. The number of fused-ring (bicyclic) bond motifs is 1. The number of pyridine rings is 1. The van der Waals surface area contributed by atoms with Gasteiger partial charge in [0.25, 0.3) is 0 Å². The van der Waals surface area contributed by atoms with Crippen LogP contribution in [0.15, 0.2) is 48.7 Å². The molecule has 1 nitrogen and oxygen atoms in total. The van der Waals surface area contributed by atoms with Crippen LogP contribution in [0.3, 0.4) is 0 Å². The van der Waals surface area contributed by atoms with Gasteiger partial charge in [-0.3, -0.25) is 4.98 Å². The fourth-order valence-electron chi connectivity index (χ4n) is 2.68. The first kappa shape index (κ1) is 14.5. The third kappa shape index (κ3) is 2.29. The molecule has 1 aromatic heterocycles. The van der Waals surface area contributed by atoms with Crippen molar-refractivity contribution in [1.82, 2.24) is 4.98 Å². The molecule has 0 aliphatic carbocycles. The third-order valence-electron chi connectivity index (χ3n) is 4.25. The standard InChI is InChI=1S/C19H23N/c1-7-14(4)19(5,6)17-16-11-9-8-10-15(16)12-20-18(17)13(2)3/h7-12H,2H2,1,3-6H3/b14-7+. The summed E-state index contributed by atoms with van der Waals surface area (Å²) in [7, 11) is 0. The van der Waals surface area contributed by atoms with E-state index < -0.39 is 0 Å². The summed E-state index contributed by atoms with van der Waals surface area (Å²) >= 11 is 0. The zero-order chi connectivity index (χ0) is 14.9. The van der Waals surface area contributed by atoms with Gasteiger partial charge in [-0.15, -0.1) is 0 Å². The quantitative estimate of drug-likeness (QED) is 0.667. The number of benzene rings is 1. The molecule has 20 heavy (non-hydrogen) atoms. The van der Waals surface area contributed by atoms with Gasteiger partial charge in [0.1, 0.15) is 0 Å². The molecule has 0 spiro atoms. The summed E-state index contributed by atoms with van der Waals surface area (Å²) in [6.07, 6.45) is 4.13. The number of rotatable bonds is 3. The highest BCUT2D eigenvalue weighted by atomic mass is 14.7. The molecule has 2 aromatic rings. The summed E-state index contributed by atoms with van der Waals surface area (Å²) < 4.78 is 0. The molecule has 0 amide bonds. The zero-order valence-electron chi connectivity index (χ0n) is 13.1. The van der Waals surface area contributed by atoms with Crippen molar-refractivity contribution in [2.45, 2.75) is 40.0 Å². The van der Waals surface area contributed by atoms with E-state index in [1.807, 2.05) is 13.1 Å². The molecule has 104 valence electrons. The van der Waals surface area contributed by atoms with Gasteiger partial charge in [0.15, 0.2) is 0 Å². The van der Waals surface area contributed by atoms with Gasteiger partial charge in [0, 0.05) is 17.0 Å². The first-order chi connectivity index (χ1) is 9.39. The number of allylic oxidation sites excluding steroid dienone is 3. The monoisotopic (exact) mass is 265 g/mol. The van der Waals surface area contributed by atoms with E-state index in [0.717, 1.165) is 11.3 Å². The molecule has 0 aliphatic heterocycles. The normalized spacial score (nSPS) is 12.8. The molecule has 0 fully saturated rings. The lowest BCUT2D eigenvalue weighted by Crippen LogP contribution is -2.21. The van der Waals surface area contributed by atoms with Crippen molar-refractivity contribution in [2.24, 2.45) is 0 Å². The van der Waals surface area contributed by atoms with Crippen LogP contribution >= 0.6 is 0 Å². The molecule has 1 heterocycles. The number of nitrogens with zero attached hydrogens (tertiary/aromatic N) is 1. The second-order valence-corrected chi connectivity index (χ2v) is 5.95. The van der Waals surface area contributed by atoms with Crippen LogP contribution in [0.1, 0.15) is 45.9 Å². The van der Waals surface area contributed by atoms with Crippen LogP contribution < -0.4 is 0 Å². The van der Waals surface area contributed by atoms with E-state index in [1.165, 1.54) is 21.9 Å². The molecular weight excluding hydrogens is 242 g/mol. The molecule has 0 bridgehead atoms. The number of hydrogen-bond donors (Lipinski definition) is 0. The maximum absolute atomic E-state index is 4.66. The highest BCUT2D eigenvalue weighted by Gasteiger charge is 2.28. The van der Waals surface area contributed by atoms with Crippen LogP contribution in [0.4, 0.5) is 0 Å². The smallest absolute Gasteiger partial charge is 0.0700 e. The third-order valence-corrected chi connectivity index (χ3v) is 4.25. The maximum atomic E-state index is 4.66. The average Bonchev–Trinajstić information content (AvgIpc) is 2.44. The molecule has 0 atom stereocenters. The van der Waals surface area contributed by atoms with Gasteiger partial charge >= 0.3 is 0 Å². The minimum atomic E-state index is -0.0586. The van der Waals surface area contributed by atoms with Crippen molar-refractivity contribution in [3.63, 3.8) is 0 Å². The average molecular weight is 265 g/mol. The molecule has 2 rings (SSSR count). The van der Waals surface area contributed by atoms with Crippen LogP contribution in [-0.2, 0) is 5.41 Å². The predicted octanol–water partition coefficient (Wildman–Crippen LogP) is 5.51. The number of hydrogen-bond acceptors (Lipinski definition) is 1. The Labute approximate surface area is 122 Å². The largest absolute Gasteiger partial charge is 0.256 e. The van der Waals surface area contributed by atoms with Gasteiger partial charge in [-0.2, -0.15) is 0 Å². The summed E-state index contributed by atoms with van der Waals surface area (Å²) in [6, 6.07) is 8.46. The van der Waals surface area contributed by atoms with E-state index in [9.17, 15) is 0 Å². The summed E-state index contributed by atoms with van der Waals surface area (Å²) in [6.45, 7) is 14.9. The Morgan fingerprint density at radius 1 is 1.20 bits per heavy atom. The van der Waals surface area contributed by atoms with Crippen molar-refractivity contribution in [3.8, 4) is 0 Å². The molecule has 0 N–H and O–H groups in total. The Bertz CT molecular complexity index is 690. The molecule has 0 saturated carbocycles. The summed E-state index contributed by atoms with van der Waals surface area (Å²) in [5.74, 6) is 0. The van der Waals surface area contributed by atoms with Crippen molar-refractivity contribution >= 4 is 16.3 Å². The highest BCUT2D eigenvalue weighted by molar-refractivity contribution is 5.89. The van der Waals surface area contributed by atoms with Gasteiger partial charge in [-0.25, -0.2) is 0 Å². The Morgan fingerprint density at radius 2 is 1.85 bits per heavy atom. The highest BCUT2D eigenvalue weighted by Crippen LogP contribution is 2.39. The SMILES string of the molecule is C=C(C)c1ncc2ccccc2c1C(C)(C)/C(C)=C/C. The number of aromatic nitrogens is 1. The van der Waals surface area contributed by atoms with Crippen LogP contribution in [-0.4, -0.2) is 4.98 Å². The minimum absolute atomic E-state index is 0.0586. The van der Waals surface area contributed by atoms with E-state index in [-0.39, 0.29) is 5.41 Å². The summed E-state index contributed by atoms with van der Waals surface area (Å²) in [4.78, 5) is 4.66. The molecule has 1 heteroatoms. The van der Waals surface area contributed by atoms with Gasteiger partial charge in [0.2, 0.25) is 0 Å². The Morgan fingerprint density at radius 3 is 2.45 bits per heavy atom. The van der Waals surface area contributed by atoms with Crippen molar-refractivity contribution < 1.29 is 0 Å². The summed E-state index contributed by atoms with van der Waals surface area (Å²) in [5, 5.41) is 2.45. The second kappa shape index (κ2) is 5.24. The van der Waals surface area contributed by atoms with E-state index in [1.54, 1.807) is 0 Å². The first-order valence-electron chi connectivity index (χ1n) is 7.07. The maximum Gasteiger partial charge on any atom is 0.0700 e. The lowest BCUT2D eigenvalue weighted by atomic mass is 9.74. The fourth-order valence-corrected chi connectivity index (χ4v) is 2.68. The van der Waals surface area contributed by atoms with Gasteiger partial charge in [0.05, 0.1) is 5.69 Å². The molecule has 0 radical (unpaired) electrons. The van der Waals surface area contributed by atoms with Gasteiger partial charge < -0.3 is 0 Å². The molecular formula is C19H23N. The van der Waals surface area contributed by atoms with Gasteiger partial charge in [-0.1, -0.05) is 56.3 Å². The van der Waals surface area contributed by atoms with Crippen LogP contribution in [0.25, 0.3) is 16.3 Å². The fraction of sp³-hybridized carbons (Fsp3) is 0.316. The van der Waals surface area contributed by atoms with Crippen LogP contribution in [0, 0.1) is 0 Å².